The number of rotatable bonds is 4. The van der Waals surface area contributed by atoms with Crippen molar-refractivity contribution in [3.8, 4) is 0 Å². The number of benzene rings is 2. The smallest absolute Gasteiger partial charge is 0.123 e. The molecule has 0 aliphatic heterocycles. The zero-order chi connectivity index (χ0) is 14.8. The lowest BCUT2D eigenvalue weighted by Gasteiger charge is -2.18. The van der Waals surface area contributed by atoms with Crippen molar-refractivity contribution in [3.63, 3.8) is 0 Å². The molecule has 108 valence electrons. The molecule has 3 rings (SSSR count). The molecule has 0 aliphatic carbocycles. The van der Waals surface area contributed by atoms with Crippen molar-refractivity contribution in [1.29, 1.82) is 0 Å². The van der Waals surface area contributed by atoms with Crippen molar-refractivity contribution >= 4 is 35.7 Å². The van der Waals surface area contributed by atoms with Crippen LogP contribution in [0.3, 0.4) is 0 Å². The minimum atomic E-state index is -0.234. The van der Waals surface area contributed by atoms with Gasteiger partial charge in [0, 0.05) is 5.39 Å². The van der Waals surface area contributed by atoms with E-state index in [-0.39, 0.29) is 11.9 Å². The van der Waals surface area contributed by atoms with E-state index in [4.69, 9.17) is 0 Å². The summed E-state index contributed by atoms with van der Waals surface area (Å²) in [4.78, 5) is 0. The van der Waals surface area contributed by atoms with E-state index in [0.29, 0.717) is 0 Å². The molecule has 0 saturated heterocycles. The predicted octanol–water partition coefficient (Wildman–Crippen LogP) is 4.43. The van der Waals surface area contributed by atoms with Gasteiger partial charge < -0.3 is 0 Å². The summed E-state index contributed by atoms with van der Waals surface area (Å²) in [6.45, 7) is 0. The Bertz CT molecular complexity index is 770. The van der Waals surface area contributed by atoms with Gasteiger partial charge in [0.1, 0.15) is 5.82 Å². The number of hydrogen-bond acceptors (Lipinski definition) is 3. The van der Waals surface area contributed by atoms with E-state index in [2.05, 4.69) is 23.6 Å². The molecular weight excluding hydrogens is 303 g/mol. The van der Waals surface area contributed by atoms with Gasteiger partial charge in [-0.15, -0.1) is 0 Å². The van der Waals surface area contributed by atoms with Crippen LogP contribution < -0.4 is 4.72 Å². The number of para-hydroxylation sites is 1. The van der Waals surface area contributed by atoms with Gasteiger partial charge in [0.25, 0.3) is 0 Å². The fourth-order valence-electron chi connectivity index (χ4n) is 2.47. The highest BCUT2D eigenvalue weighted by atomic mass is 32.2. The van der Waals surface area contributed by atoms with Gasteiger partial charge in [-0.2, -0.15) is 0 Å². The third-order valence-electron chi connectivity index (χ3n) is 3.43. The number of hydrogen-bond donors (Lipinski definition) is 2. The predicted molar refractivity (Wildman–Crippen MR) is 91.2 cm³/mol. The zero-order valence-electron chi connectivity index (χ0n) is 11.5. The number of nitrogens with zero attached hydrogens (tertiary/aromatic N) is 1. The van der Waals surface area contributed by atoms with Crippen LogP contribution in [-0.2, 0) is 0 Å². The number of thiol groups is 1. The second-order valence-electron chi connectivity index (χ2n) is 4.75. The van der Waals surface area contributed by atoms with Gasteiger partial charge in [-0.1, -0.05) is 55.1 Å². The van der Waals surface area contributed by atoms with E-state index in [1.807, 2.05) is 40.6 Å². The monoisotopic (exact) mass is 318 g/mol. The Kier molecular flexibility index (Phi) is 4.24. The number of fused-ring (bicyclic) bond motifs is 1. The molecule has 1 unspecified atom stereocenters. The molecule has 0 spiro atoms. The summed E-state index contributed by atoms with van der Waals surface area (Å²) in [5.74, 6) is -0.234. The summed E-state index contributed by atoms with van der Waals surface area (Å²) in [5.41, 5.74) is 2.90. The zero-order valence-corrected chi connectivity index (χ0v) is 13.2. The molecule has 0 bridgehead atoms. The first-order valence-electron chi connectivity index (χ1n) is 6.54. The van der Waals surface area contributed by atoms with Crippen molar-refractivity contribution in [2.45, 2.75) is 6.04 Å². The molecule has 1 N–H and O–H groups in total. The van der Waals surface area contributed by atoms with Crippen molar-refractivity contribution in [3.05, 3.63) is 71.7 Å². The molecule has 3 aromatic rings. The van der Waals surface area contributed by atoms with Crippen LogP contribution in [0.25, 0.3) is 10.9 Å². The largest absolute Gasteiger partial charge is 0.289 e. The number of aromatic nitrogens is 1. The lowest BCUT2D eigenvalue weighted by Crippen LogP contribution is -2.17. The van der Waals surface area contributed by atoms with Gasteiger partial charge in [-0.3, -0.25) is 8.69 Å². The van der Waals surface area contributed by atoms with Gasteiger partial charge in [0.05, 0.1) is 17.3 Å². The molecular formula is C16H15FN2S2. The van der Waals surface area contributed by atoms with Crippen LogP contribution in [-0.4, -0.2) is 10.2 Å². The second-order valence-corrected chi connectivity index (χ2v) is 5.79. The number of halogens is 1. The minimum Gasteiger partial charge on any atom is -0.289 e. The van der Waals surface area contributed by atoms with Gasteiger partial charge in [-0.25, -0.2) is 4.39 Å². The van der Waals surface area contributed by atoms with Crippen LogP contribution in [0.15, 0.2) is 54.6 Å². The molecule has 21 heavy (non-hydrogen) atoms. The molecule has 0 aliphatic rings. The van der Waals surface area contributed by atoms with E-state index < -0.39 is 0 Å². The van der Waals surface area contributed by atoms with Crippen LogP contribution in [0.1, 0.15) is 17.3 Å². The van der Waals surface area contributed by atoms with Crippen LogP contribution in [0, 0.1) is 5.82 Å². The highest BCUT2D eigenvalue weighted by molar-refractivity contribution is 7.96. The summed E-state index contributed by atoms with van der Waals surface area (Å²) in [7, 11) is 0. The molecule has 2 aromatic carbocycles. The van der Waals surface area contributed by atoms with E-state index in [9.17, 15) is 4.39 Å². The van der Waals surface area contributed by atoms with Gasteiger partial charge in [0.2, 0.25) is 0 Å². The standard InChI is InChI=1S/C16H15FN2S2/c1-21-18-16(12-6-4-7-13(17)9-12)15-10-11-5-2-3-8-14(11)19(15)20/h2-10,16,18,20H,1H3. The normalized spacial score (nSPS) is 12.7. The topological polar surface area (TPSA) is 17.0 Å². The van der Waals surface area contributed by atoms with E-state index in [1.54, 1.807) is 12.1 Å². The van der Waals surface area contributed by atoms with E-state index in [1.165, 1.54) is 18.0 Å². The second kappa shape index (κ2) is 6.13. The Balaban J connectivity index is 2.13. The lowest BCUT2D eigenvalue weighted by molar-refractivity contribution is 0.621. The van der Waals surface area contributed by atoms with Crippen molar-refractivity contribution < 1.29 is 4.39 Å². The third kappa shape index (κ3) is 2.81. The first-order valence-corrected chi connectivity index (χ1v) is 8.17. The maximum Gasteiger partial charge on any atom is 0.123 e. The highest BCUT2D eigenvalue weighted by Gasteiger charge is 2.19. The highest BCUT2D eigenvalue weighted by Crippen LogP contribution is 2.30. The number of nitrogens with one attached hydrogen (secondary N) is 1. The summed E-state index contributed by atoms with van der Waals surface area (Å²) in [6.07, 6.45) is 1.96. The third-order valence-corrected chi connectivity index (χ3v) is 4.34. The molecule has 2 nitrogen and oxygen atoms in total. The van der Waals surface area contributed by atoms with E-state index in [0.717, 1.165) is 22.2 Å². The van der Waals surface area contributed by atoms with Crippen LogP contribution in [0.2, 0.25) is 0 Å². The Morgan fingerprint density at radius 1 is 1.14 bits per heavy atom. The fraction of sp³-hybridized carbons (Fsp3) is 0.125. The molecule has 0 fully saturated rings. The summed E-state index contributed by atoms with van der Waals surface area (Å²) >= 11 is 6.10. The summed E-state index contributed by atoms with van der Waals surface area (Å²) in [6, 6.07) is 16.7. The molecule has 5 heteroatoms. The van der Waals surface area contributed by atoms with Gasteiger partial charge in [0.15, 0.2) is 0 Å². The average Bonchev–Trinajstić information content (AvgIpc) is 2.82. The lowest BCUT2D eigenvalue weighted by atomic mass is 10.0. The van der Waals surface area contributed by atoms with Crippen molar-refractivity contribution in [2.75, 3.05) is 6.26 Å². The molecule has 0 amide bonds. The van der Waals surface area contributed by atoms with Crippen molar-refractivity contribution in [2.24, 2.45) is 0 Å². The Morgan fingerprint density at radius 2 is 1.95 bits per heavy atom. The maximum absolute atomic E-state index is 13.5. The maximum atomic E-state index is 13.5. The van der Waals surface area contributed by atoms with Crippen molar-refractivity contribution in [1.82, 2.24) is 8.69 Å². The minimum absolute atomic E-state index is 0.124. The summed E-state index contributed by atoms with van der Waals surface area (Å²) < 4.78 is 18.7. The average molecular weight is 318 g/mol. The first-order chi connectivity index (χ1) is 10.2. The van der Waals surface area contributed by atoms with Crippen LogP contribution >= 0.6 is 24.8 Å². The Hall–Kier alpha value is -1.43. The van der Waals surface area contributed by atoms with Crippen LogP contribution in [0.4, 0.5) is 4.39 Å². The van der Waals surface area contributed by atoms with Crippen LogP contribution in [0.5, 0.6) is 0 Å². The quantitative estimate of drug-likeness (QED) is 0.547. The molecule has 1 aromatic heterocycles. The summed E-state index contributed by atoms with van der Waals surface area (Å²) in [5, 5.41) is 1.12. The van der Waals surface area contributed by atoms with E-state index >= 15 is 0 Å². The Morgan fingerprint density at radius 3 is 2.67 bits per heavy atom. The molecule has 0 radical (unpaired) electrons. The first kappa shape index (κ1) is 14.5. The Labute approximate surface area is 133 Å². The molecule has 0 saturated carbocycles. The molecule has 1 atom stereocenters. The van der Waals surface area contributed by atoms with Gasteiger partial charge in [-0.05, 0) is 36.1 Å². The SMILES string of the molecule is CSNC(c1cccc(F)c1)c1cc2ccccc2n1S. The van der Waals surface area contributed by atoms with Gasteiger partial charge >= 0.3 is 0 Å². The molecule has 1 heterocycles. The fourth-order valence-corrected chi connectivity index (χ4v) is 3.32.